The summed E-state index contributed by atoms with van der Waals surface area (Å²) in [6.07, 6.45) is -0.301. The molecule has 1 aliphatic heterocycles. The molecule has 8 heteroatoms. The molecule has 35 heavy (non-hydrogen) atoms. The van der Waals surface area contributed by atoms with E-state index in [4.69, 9.17) is 10.5 Å². The summed E-state index contributed by atoms with van der Waals surface area (Å²) >= 11 is 0. The second-order valence-corrected chi connectivity index (χ2v) is 9.19. The Bertz CT molecular complexity index is 1200. The van der Waals surface area contributed by atoms with Crippen molar-refractivity contribution >= 4 is 24.4 Å². The molecule has 4 N–H and O–H groups in total. The van der Waals surface area contributed by atoms with Crippen LogP contribution in [-0.4, -0.2) is 60.9 Å². The molecule has 7 nitrogen and oxygen atoms in total. The normalized spacial score (nSPS) is 15.1. The molecule has 1 fully saturated rings. The van der Waals surface area contributed by atoms with Crippen molar-refractivity contribution in [3.63, 3.8) is 0 Å². The van der Waals surface area contributed by atoms with Gasteiger partial charge in [0.25, 0.3) is 0 Å². The van der Waals surface area contributed by atoms with E-state index < -0.39 is 7.12 Å². The van der Waals surface area contributed by atoms with E-state index in [2.05, 4.69) is 29.2 Å². The van der Waals surface area contributed by atoms with Crippen molar-refractivity contribution in [3.8, 4) is 11.1 Å². The molecule has 1 amide bonds. The van der Waals surface area contributed by atoms with E-state index in [1.54, 1.807) is 11.0 Å². The summed E-state index contributed by atoms with van der Waals surface area (Å²) < 4.78 is 5.82. The molecule has 0 atom stereocenters. The summed E-state index contributed by atoms with van der Waals surface area (Å²) in [5.41, 5.74) is 13.7. The molecule has 0 radical (unpaired) electrons. The molecule has 0 unspecified atom stereocenters. The van der Waals surface area contributed by atoms with Gasteiger partial charge in [0, 0.05) is 44.3 Å². The van der Waals surface area contributed by atoms with E-state index in [9.17, 15) is 14.8 Å². The maximum atomic E-state index is 12.9. The van der Waals surface area contributed by atoms with Crippen molar-refractivity contribution < 1.29 is 19.6 Å². The SMILES string of the molecule is Cc1c(B(O)O)cc(CN)cc1N1CCN(C(=O)OCC2c3ccccc3-c3ccccc32)CC1. The van der Waals surface area contributed by atoms with Crippen LogP contribution in [0.1, 0.15) is 28.2 Å². The summed E-state index contributed by atoms with van der Waals surface area (Å²) in [6.45, 7) is 4.80. The first-order valence-electron chi connectivity index (χ1n) is 12.0. The predicted octanol–water partition coefficient (Wildman–Crippen LogP) is 2.20. The van der Waals surface area contributed by atoms with Crippen LogP contribution in [0.3, 0.4) is 0 Å². The lowest BCUT2D eigenvalue weighted by molar-refractivity contribution is 0.0977. The molecule has 1 heterocycles. The fourth-order valence-electron chi connectivity index (χ4n) is 5.31. The average molecular weight is 471 g/mol. The molecule has 0 bridgehead atoms. The Morgan fingerprint density at radius 1 is 1.00 bits per heavy atom. The number of piperazine rings is 1. The Morgan fingerprint density at radius 3 is 2.17 bits per heavy atom. The Balaban J connectivity index is 1.24. The second kappa shape index (κ2) is 9.74. The van der Waals surface area contributed by atoms with Crippen LogP contribution < -0.4 is 16.1 Å². The number of benzene rings is 3. The molecule has 0 saturated carbocycles. The van der Waals surface area contributed by atoms with E-state index in [0.29, 0.717) is 44.8 Å². The summed E-state index contributed by atoms with van der Waals surface area (Å²) in [5, 5.41) is 19.5. The van der Waals surface area contributed by atoms with Crippen LogP contribution >= 0.6 is 0 Å². The van der Waals surface area contributed by atoms with E-state index in [-0.39, 0.29) is 12.0 Å². The molecular weight excluding hydrogens is 441 g/mol. The van der Waals surface area contributed by atoms with Crippen molar-refractivity contribution in [1.82, 2.24) is 4.90 Å². The summed E-state index contributed by atoms with van der Waals surface area (Å²) in [5.74, 6) is 0.0395. The topological polar surface area (TPSA) is 99.3 Å². The van der Waals surface area contributed by atoms with Gasteiger partial charge in [-0.15, -0.1) is 0 Å². The summed E-state index contributed by atoms with van der Waals surface area (Å²) in [6, 6.07) is 20.3. The third kappa shape index (κ3) is 4.40. The molecule has 3 aromatic rings. The number of hydrogen-bond donors (Lipinski definition) is 3. The minimum atomic E-state index is -1.55. The monoisotopic (exact) mass is 471 g/mol. The van der Waals surface area contributed by atoms with Gasteiger partial charge in [-0.05, 0) is 51.8 Å². The van der Waals surface area contributed by atoms with E-state index in [1.807, 2.05) is 37.3 Å². The number of fused-ring (bicyclic) bond motifs is 3. The zero-order chi connectivity index (χ0) is 24.5. The highest BCUT2D eigenvalue weighted by Gasteiger charge is 2.31. The zero-order valence-electron chi connectivity index (χ0n) is 19.9. The van der Waals surface area contributed by atoms with Crippen molar-refractivity contribution in [3.05, 3.63) is 82.9 Å². The first-order chi connectivity index (χ1) is 17.0. The van der Waals surface area contributed by atoms with Crippen molar-refractivity contribution in [1.29, 1.82) is 0 Å². The second-order valence-electron chi connectivity index (χ2n) is 9.19. The van der Waals surface area contributed by atoms with Gasteiger partial charge in [0.05, 0.1) is 0 Å². The van der Waals surface area contributed by atoms with Gasteiger partial charge in [-0.25, -0.2) is 4.79 Å². The molecule has 3 aromatic carbocycles. The number of amides is 1. The predicted molar refractivity (Wildman–Crippen MR) is 138 cm³/mol. The first kappa shape index (κ1) is 23.4. The fraction of sp³-hybridized carbons (Fsp3) is 0.296. The highest BCUT2D eigenvalue weighted by Crippen LogP contribution is 2.44. The molecule has 180 valence electrons. The molecule has 5 rings (SSSR count). The molecule has 1 aliphatic carbocycles. The van der Waals surface area contributed by atoms with E-state index in [1.165, 1.54) is 22.3 Å². The lowest BCUT2D eigenvalue weighted by Gasteiger charge is -2.37. The fourth-order valence-corrected chi connectivity index (χ4v) is 5.31. The minimum Gasteiger partial charge on any atom is -0.448 e. The number of nitrogens with zero attached hydrogens (tertiary/aromatic N) is 2. The van der Waals surface area contributed by atoms with Crippen molar-refractivity contribution in [2.45, 2.75) is 19.4 Å². The van der Waals surface area contributed by atoms with Gasteiger partial charge in [-0.3, -0.25) is 0 Å². The summed E-state index contributed by atoms with van der Waals surface area (Å²) in [4.78, 5) is 16.8. The number of nitrogens with two attached hydrogens (primary N) is 1. The summed E-state index contributed by atoms with van der Waals surface area (Å²) in [7, 11) is -1.55. The number of ether oxygens (including phenoxy) is 1. The number of carbonyl (C=O) groups excluding carboxylic acids is 1. The molecule has 0 spiro atoms. The third-order valence-electron chi connectivity index (χ3n) is 7.21. The van der Waals surface area contributed by atoms with Crippen LogP contribution in [0.4, 0.5) is 10.5 Å². The van der Waals surface area contributed by atoms with Gasteiger partial charge in [0.1, 0.15) is 6.61 Å². The van der Waals surface area contributed by atoms with Gasteiger partial charge >= 0.3 is 13.2 Å². The van der Waals surface area contributed by atoms with Crippen LogP contribution in [0.25, 0.3) is 11.1 Å². The molecular formula is C27H30BN3O4. The maximum Gasteiger partial charge on any atom is 0.488 e. The van der Waals surface area contributed by atoms with Crippen LogP contribution in [0.2, 0.25) is 0 Å². The van der Waals surface area contributed by atoms with Crippen LogP contribution in [0, 0.1) is 6.92 Å². The molecule has 2 aliphatic rings. The number of hydrogen-bond acceptors (Lipinski definition) is 6. The van der Waals surface area contributed by atoms with Gasteiger partial charge < -0.3 is 30.3 Å². The van der Waals surface area contributed by atoms with E-state index in [0.717, 1.165) is 16.8 Å². The molecule has 0 aromatic heterocycles. The Labute approximate surface area is 205 Å². The highest BCUT2D eigenvalue weighted by molar-refractivity contribution is 6.59. The minimum absolute atomic E-state index is 0.0395. The van der Waals surface area contributed by atoms with Gasteiger partial charge in [-0.1, -0.05) is 54.6 Å². The number of anilines is 1. The number of rotatable bonds is 5. The van der Waals surface area contributed by atoms with Crippen molar-refractivity contribution in [2.24, 2.45) is 5.73 Å². The lowest BCUT2D eigenvalue weighted by atomic mass is 9.76. The van der Waals surface area contributed by atoms with Gasteiger partial charge in [0.15, 0.2) is 0 Å². The Morgan fingerprint density at radius 2 is 1.60 bits per heavy atom. The lowest BCUT2D eigenvalue weighted by Crippen LogP contribution is -2.49. The standard InChI is InChI=1S/C27H30BN3O4/c1-18-25(28(33)34)14-19(16-29)15-26(18)30-10-12-31(13-11-30)27(32)35-17-24-22-8-4-2-6-20(22)21-7-3-5-9-23(21)24/h2-9,14-15,24,33-34H,10-13,16-17,29H2,1H3. The Kier molecular flexibility index (Phi) is 6.51. The van der Waals surface area contributed by atoms with Gasteiger partial charge in [-0.2, -0.15) is 0 Å². The van der Waals surface area contributed by atoms with Crippen LogP contribution in [0.15, 0.2) is 60.7 Å². The van der Waals surface area contributed by atoms with Gasteiger partial charge in [0.2, 0.25) is 0 Å². The van der Waals surface area contributed by atoms with E-state index >= 15 is 0 Å². The largest absolute Gasteiger partial charge is 0.488 e. The first-order valence-corrected chi connectivity index (χ1v) is 12.0. The highest BCUT2D eigenvalue weighted by atomic mass is 16.6. The van der Waals surface area contributed by atoms with Crippen LogP contribution in [-0.2, 0) is 11.3 Å². The van der Waals surface area contributed by atoms with Crippen LogP contribution in [0.5, 0.6) is 0 Å². The Hall–Kier alpha value is -3.33. The van der Waals surface area contributed by atoms with Crippen molar-refractivity contribution in [2.75, 3.05) is 37.7 Å². The third-order valence-corrected chi connectivity index (χ3v) is 7.21. The smallest absolute Gasteiger partial charge is 0.448 e. The number of carbonyl (C=O) groups is 1. The zero-order valence-corrected chi connectivity index (χ0v) is 19.9. The quantitative estimate of drug-likeness (QED) is 0.494. The maximum absolute atomic E-state index is 12.9. The molecule has 1 saturated heterocycles. The average Bonchev–Trinajstić information content (AvgIpc) is 3.21.